The fourth-order valence-electron chi connectivity index (χ4n) is 2.99. The lowest BCUT2D eigenvalue weighted by molar-refractivity contribution is -0.118. The molecule has 8 heteroatoms. The van der Waals surface area contributed by atoms with Gasteiger partial charge in [-0.25, -0.2) is 9.18 Å². The van der Waals surface area contributed by atoms with E-state index in [2.05, 4.69) is 15.7 Å². The van der Waals surface area contributed by atoms with Crippen LogP contribution in [0.5, 0.6) is 0 Å². The number of carbonyl (C=O) groups is 2. The van der Waals surface area contributed by atoms with Gasteiger partial charge in [0.05, 0.1) is 11.4 Å². The minimum Gasteiger partial charge on any atom is -0.326 e. The normalized spacial score (nSPS) is 17.0. The smallest absolute Gasteiger partial charge is 0.319 e. The molecular formula is C17H20FN5O2. The van der Waals surface area contributed by atoms with Crippen LogP contribution in [0.3, 0.4) is 0 Å². The van der Waals surface area contributed by atoms with Gasteiger partial charge in [0.1, 0.15) is 17.7 Å². The molecule has 0 radical (unpaired) electrons. The van der Waals surface area contributed by atoms with E-state index in [0.717, 1.165) is 5.69 Å². The van der Waals surface area contributed by atoms with Crippen molar-refractivity contribution in [2.75, 3.05) is 16.8 Å². The van der Waals surface area contributed by atoms with Gasteiger partial charge in [0.2, 0.25) is 0 Å². The summed E-state index contributed by atoms with van der Waals surface area (Å²) in [6.07, 6.45) is 0.479. The molecule has 0 spiro atoms. The number of aryl methyl sites for hydroxylation is 3. The predicted octanol–water partition coefficient (Wildman–Crippen LogP) is 2.10. The Labute approximate surface area is 144 Å². The van der Waals surface area contributed by atoms with Crippen LogP contribution in [0.2, 0.25) is 0 Å². The van der Waals surface area contributed by atoms with Crippen LogP contribution in [0.1, 0.15) is 17.7 Å². The Morgan fingerprint density at radius 2 is 2.12 bits per heavy atom. The minimum absolute atomic E-state index is 0.115. The molecule has 1 saturated heterocycles. The topological polar surface area (TPSA) is 79.3 Å². The van der Waals surface area contributed by atoms with Crippen LogP contribution in [-0.2, 0) is 11.8 Å². The van der Waals surface area contributed by atoms with E-state index in [1.165, 1.54) is 6.07 Å². The number of amides is 3. The molecule has 1 atom stereocenters. The number of rotatable bonds is 3. The van der Waals surface area contributed by atoms with Crippen molar-refractivity contribution >= 4 is 23.4 Å². The summed E-state index contributed by atoms with van der Waals surface area (Å²) in [6, 6.07) is 5.11. The molecule has 25 heavy (non-hydrogen) atoms. The number of anilines is 2. The zero-order valence-electron chi connectivity index (χ0n) is 14.3. The van der Waals surface area contributed by atoms with Crippen LogP contribution >= 0.6 is 0 Å². The van der Waals surface area contributed by atoms with E-state index in [4.69, 9.17) is 0 Å². The molecule has 2 heterocycles. The molecule has 0 saturated carbocycles. The van der Waals surface area contributed by atoms with Gasteiger partial charge < -0.3 is 10.6 Å². The minimum atomic E-state index is -0.651. The molecule has 0 bridgehead atoms. The van der Waals surface area contributed by atoms with Crippen molar-refractivity contribution < 1.29 is 14.0 Å². The summed E-state index contributed by atoms with van der Waals surface area (Å²) in [5, 5.41) is 9.34. The maximum Gasteiger partial charge on any atom is 0.319 e. The van der Waals surface area contributed by atoms with Gasteiger partial charge in [-0.3, -0.25) is 14.4 Å². The Kier molecular flexibility index (Phi) is 4.43. The average Bonchev–Trinajstić information content (AvgIpc) is 3.06. The third-order valence-corrected chi connectivity index (χ3v) is 4.23. The Morgan fingerprint density at radius 1 is 1.36 bits per heavy atom. The van der Waals surface area contributed by atoms with E-state index in [1.54, 1.807) is 35.7 Å². The predicted molar refractivity (Wildman–Crippen MR) is 92.0 cm³/mol. The Bertz CT molecular complexity index is 812. The van der Waals surface area contributed by atoms with Gasteiger partial charge in [-0.2, -0.15) is 5.10 Å². The molecule has 3 amide bonds. The second-order valence-corrected chi connectivity index (χ2v) is 6.13. The highest BCUT2D eigenvalue weighted by Gasteiger charge is 2.35. The zero-order valence-corrected chi connectivity index (χ0v) is 14.3. The highest BCUT2D eigenvalue weighted by atomic mass is 19.1. The standard InChI is InChI=1S/C17H20FN5O2/c1-10-5-4-6-12(18)15(10)20-17(25)19-13-7-8-23(16(13)24)14-9-11(2)21-22(14)3/h4-6,9,13H,7-8H2,1-3H3,(H2,19,20,25). The first-order valence-corrected chi connectivity index (χ1v) is 8.01. The van der Waals surface area contributed by atoms with Crippen molar-refractivity contribution in [2.45, 2.75) is 26.3 Å². The van der Waals surface area contributed by atoms with Crippen LogP contribution in [0, 0.1) is 19.7 Å². The van der Waals surface area contributed by atoms with Gasteiger partial charge in [0.15, 0.2) is 0 Å². The summed E-state index contributed by atoms with van der Waals surface area (Å²) < 4.78 is 15.4. The van der Waals surface area contributed by atoms with Crippen LogP contribution < -0.4 is 15.5 Å². The Balaban J connectivity index is 1.67. The third-order valence-electron chi connectivity index (χ3n) is 4.23. The lowest BCUT2D eigenvalue weighted by Crippen LogP contribution is -2.43. The molecule has 1 aliphatic heterocycles. The van der Waals surface area contributed by atoms with E-state index in [0.29, 0.717) is 24.3 Å². The number of nitrogens with zero attached hydrogens (tertiary/aromatic N) is 3. The summed E-state index contributed by atoms with van der Waals surface area (Å²) in [7, 11) is 1.77. The molecular weight excluding hydrogens is 325 g/mol. The van der Waals surface area contributed by atoms with E-state index < -0.39 is 17.9 Å². The molecule has 1 aromatic heterocycles. The largest absolute Gasteiger partial charge is 0.326 e. The molecule has 1 aliphatic rings. The van der Waals surface area contributed by atoms with Gasteiger partial charge in [-0.15, -0.1) is 0 Å². The maximum atomic E-state index is 13.8. The molecule has 3 rings (SSSR count). The zero-order chi connectivity index (χ0) is 18.1. The van der Waals surface area contributed by atoms with E-state index >= 15 is 0 Å². The molecule has 2 aromatic rings. The molecule has 7 nitrogen and oxygen atoms in total. The summed E-state index contributed by atoms with van der Waals surface area (Å²) >= 11 is 0. The first-order chi connectivity index (χ1) is 11.9. The van der Waals surface area contributed by atoms with Crippen LogP contribution in [0.25, 0.3) is 0 Å². The quantitative estimate of drug-likeness (QED) is 0.894. The number of urea groups is 1. The number of halogens is 1. The molecule has 1 aromatic carbocycles. The SMILES string of the molecule is Cc1cc(N2CCC(NC(=O)Nc3c(C)cccc3F)C2=O)n(C)n1. The number of hydrogen-bond donors (Lipinski definition) is 2. The second-order valence-electron chi connectivity index (χ2n) is 6.13. The van der Waals surface area contributed by atoms with Crippen molar-refractivity contribution in [2.24, 2.45) is 7.05 Å². The average molecular weight is 345 g/mol. The van der Waals surface area contributed by atoms with Crippen LogP contribution in [0.15, 0.2) is 24.3 Å². The molecule has 132 valence electrons. The van der Waals surface area contributed by atoms with Gasteiger partial charge in [-0.1, -0.05) is 12.1 Å². The second kappa shape index (κ2) is 6.54. The van der Waals surface area contributed by atoms with Gasteiger partial charge in [0, 0.05) is 19.7 Å². The number of benzene rings is 1. The molecule has 1 unspecified atom stereocenters. The van der Waals surface area contributed by atoms with Crippen molar-refractivity contribution in [3.63, 3.8) is 0 Å². The monoisotopic (exact) mass is 345 g/mol. The van der Waals surface area contributed by atoms with Gasteiger partial charge in [-0.05, 0) is 31.9 Å². The Morgan fingerprint density at radius 3 is 2.76 bits per heavy atom. The number of carbonyl (C=O) groups excluding carboxylic acids is 2. The lowest BCUT2D eigenvalue weighted by atomic mass is 10.2. The van der Waals surface area contributed by atoms with Crippen molar-refractivity contribution in [3.05, 3.63) is 41.3 Å². The van der Waals surface area contributed by atoms with Crippen LogP contribution in [-0.4, -0.2) is 34.3 Å². The molecule has 1 fully saturated rings. The number of hydrogen-bond acceptors (Lipinski definition) is 3. The van der Waals surface area contributed by atoms with Crippen molar-refractivity contribution in [3.8, 4) is 0 Å². The summed E-state index contributed by atoms with van der Waals surface area (Å²) in [5.74, 6) is -0.0274. The summed E-state index contributed by atoms with van der Waals surface area (Å²) in [4.78, 5) is 26.3. The first kappa shape index (κ1) is 16.9. The maximum absolute atomic E-state index is 13.8. The fourth-order valence-corrected chi connectivity index (χ4v) is 2.99. The highest BCUT2D eigenvalue weighted by molar-refractivity contribution is 6.02. The van der Waals surface area contributed by atoms with E-state index in [-0.39, 0.29) is 11.6 Å². The van der Waals surface area contributed by atoms with Gasteiger partial charge >= 0.3 is 6.03 Å². The number of aromatic nitrogens is 2. The fraction of sp³-hybridized carbons (Fsp3) is 0.353. The Hall–Kier alpha value is -2.90. The van der Waals surface area contributed by atoms with Crippen molar-refractivity contribution in [1.82, 2.24) is 15.1 Å². The lowest BCUT2D eigenvalue weighted by Gasteiger charge is -2.17. The van der Waals surface area contributed by atoms with E-state index in [1.807, 2.05) is 13.0 Å². The number of nitrogens with one attached hydrogen (secondary N) is 2. The van der Waals surface area contributed by atoms with Gasteiger partial charge in [0.25, 0.3) is 5.91 Å². The van der Waals surface area contributed by atoms with Crippen LogP contribution in [0.4, 0.5) is 20.7 Å². The van der Waals surface area contributed by atoms with E-state index in [9.17, 15) is 14.0 Å². The summed E-state index contributed by atoms with van der Waals surface area (Å²) in [5.41, 5.74) is 1.54. The molecule has 0 aliphatic carbocycles. The highest BCUT2D eigenvalue weighted by Crippen LogP contribution is 2.22. The van der Waals surface area contributed by atoms with Crippen molar-refractivity contribution in [1.29, 1.82) is 0 Å². The number of para-hydroxylation sites is 1. The third kappa shape index (κ3) is 3.33. The molecule has 2 N–H and O–H groups in total. The first-order valence-electron chi connectivity index (χ1n) is 8.01. The summed E-state index contributed by atoms with van der Waals surface area (Å²) in [6.45, 7) is 4.04.